The molecule has 0 fully saturated rings. The summed E-state index contributed by atoms with van der Waals surface area (Å²) in [6.45, 7) is 5.37. The van der Waals surface area contributed by atoms with Crippen LogP contribution in [0.5, 0.6) is 0 Å². The van der Waals surface area contributed by atoms with Crippen molar-refractivity contribution in [3.8, 4) is 0 Å². The molecule has 1 aromatic rings. The maximum atomic E-state index is 11.2. The third-order valence-electron chi connectivity index (χ3n) is 2.95. The number of amides is 1. The molecule has 0 aliphatic carbocycles. The molecule has 1 amide bonds. The van der Waals surface area contributed by atoms with E-state index < -0.39 is 16.4 Å². The van der Waals surface area contributed by atoms with E-state index in [4.69, 9.17) is 5.73 Å². The Labute approximate surface area is 105 Å². The summed E-state index contributed by atoms with van der Waals surface area (Å²) in [7, 11) is 0. The Hall–Kier alpha value is -1.95. The molecule has 6 heteroatoms. The standard InChI is InChI=1S/C12H17N3O3/c1-8-9(5-4-6-10(8)15(17)18)7-14-12(2,3)11(13)16/h4-6,14H,7H2,1-3H3,(H2,13,16). The van der Waals surface area contributed by atoms with Gasteiger partial charge in [0.2, 0.25) is 5.91 Å². The number of nitrogens with two attached hydrogens (primary N) is 1. The minimum Gasteiger partial charge on any atom is -0.368 e. The SMILES string of the molecule is Cc1c(CNC(C)(C)C(N)=O)cccc1[N+](=O)[O-]. The van der Waals surface area contributed by atoms with Crippen LogP contribution in [0.3, 0.4) is 0 Å². The van der Waals surface area contributed by atoms with Crippen LogP contribution in [0.4, 0.5) is 5.69 Å². The minimum absolute atomic E-state index is 0.0752. The zero-order valence-electron chi connectivity index (χ0n) is 10.7. The first kappa shape index (κ1) is 14.1. The normalized spacial score (nSPS) is 11.3. The Kier molecular flexibility index (Phi) is 4.03. The van der Waals surface area contributed by atoms with Gasteiger partial charge in [0.05, 0.1) is 10.5 Å². The molecule has 0 aromatic heterocycles. The van der Waals surface area contributed by atoms with Gasteiger partial charge < -0.3 is 5.73 Å². The summed E-state index contributed by atoms with van der Waals surface area (Å²) in [6.07, 6.45) is 0. The van der Waals surface area contributed by atoms with Crippen LogP contribution in [0, 0.1) is 17.0 Å². The van der Waals surface area contributed by atoms with Crippen molar-refractivity contribution in [2.45, 2.75) is 32.9 Å². The first-order valence-electron chi connectivity index (χ1n) is 5.53. The summed E-state index contributed by atoms with van der Waals surface area (Å²) < 4.78 is 0. The number of nitro groups is 1. The first-order chi connectivity index (χ1) is 8.25. The lowest BCUT2D eigenvalue weighted by atomic mass is 10.0. The van der Waals surface area contributed by atoms with Crippen LogP contribution in [0.2, 0.25) is 0 Å². The van der Waals surface area contributed by atoms with E-state index in [0.29, 0.717) is 12.1 Å². The highest BCUT2D eigenvalue weighted by Gasteiger charge is 2.24. The number of nitro benzene ring substituents is 1. The fourth-order valence-electron chi connectivity index (χ4n) is 1.46. The largest absolute Gasteiger partial charge is 0.368 e. The number of nitrogens with one attached hydrogen (secondary N) is 1. The molecule has 6 nitrogen and oxygen atoms in total. The third kappa shape index (κ3) is 3.04. The zero-order valence-corrected chi connectivity index (χ0v) is 10.7. The molecule has 98 valence electrons. The average Bonchev–Trinajstić information content (AvgIpc) is 2.27. The van der Waals surface area contributed by atoms with Gasteiger partial charge in [-0.15, -0.1) is 0 Å². The van der Waals surface area contributed by atoms with Crippen LogP contribution in [-0.2, 0) is 11.3 Å². The van der Waals surface area contributed by atoms with Crippen LogP contribution in [-0.4, -0.2) is 16.4 Å². The highest BCUT2D eigenvalue weighted by molar-refractivity contribution is 5.83. The Bertz CT molecular complexity index is 483. The van der Waals surface area contributed by atoms with Gasteiger partial charge in [-0.1, -0.05) is 12.1 Å². The Balaban J connectivity index is 2.90. The van der Waals surface area contributed by atoms with E-state index in [1.54, 1.807) is 32.9 Å². The second-order valence-corrected chi connectivity index (χ2v) is 4.66. The lowest BCUT2D eigenvalue weighted by Gasteiger charge is -2.22. The third-order valence-corrected chi connectivity index (χ3v) is 2.95. The second-order valence-electron chi connectivity index (χ2n) is 4.66. The highest BCUT2D eigenvalue weighted by atomic mass is 16.6. The fourth-order valence-corrected chi connectivity index (χ4v) is 1.46. The molecule has 1 rings (SSSR count). The van der Waals surface area contributed by atoms with Gasteiger partial charge >= 0.3 is 0 Å². The summed E-state index contributed by atoms with van der Waals surface area (Å²) >= 11 is 0. The van der Waals surface area contributed by atoms with Crippen molar-refractivity contribution in [1.82, 2.24) is 5.32 Å². The maximum absolute atomic E-state index is 11.2. The van der Waals surface area contributed by atoms with Crippen LogP contribution >= 0.6 is 0 Å². The molecule has 0 saturated heterocycles. The molecule has 0 spiro atoms. The summed E-state index contributed by atoms with van der Waals surface area (Å²) in [5.41, 5.74) is 5.84. The summed E-state index contributed by atoms with van der Waals surface area (Å²) in [5.74, 6) is -0.467. The van der Waals surface area contributed by atoms with Crippen LogP contribution in [0.25, 0.3) is 0 Å². The number of hydrogen-bond donors (Lipinski definition) is 2. The molecule has 0 aliphatic rings. The van der Waals surface area contributed by atoms with E-state index in [9.17, 15) is 14.9 Å². The molecule has 0 unspecified atom stereocenters. The molecular formula is C12H17N3O3. The molecule has 0 radical (unpaired) electrons. The lowest BCUT2D eigenvalue weighted by Crippen LogP contribution is -2.50. The molecular weight excluding hydrogens is 234 g/mol. The van der Waals surface area contributed by atoms with E-state index in [2.05, 4.69) is 5.32 Å². The molecule has 0 heterocycles. The Morgan fingerprint density at radius 2 is 2.11 bits per heavy atom. The highest BCUT2D eigenvalue weighted by Crippen LogP contribution is 2.21. The number of carbonyl (C=O) groups excluding carboxylic acids is 1. The smallest absolute Gasteiger partial charge is 0.272 e. The summed E-state index contributed by atoms with van der Waals surface area (Å²) in [6, 6.07) is 4.86. The van der Waals surface area contributed by atoms with E-state index in [1.807, 2.05) is 0 Å². The Morgan fingerprint density at radius 1 is 1.50 bits per heavy atom. The van der Waals surface area contributed by atoms with Crippen LogP contribution in [0.15, 0.2) is 18.2 Å². The maximum Gasteiger partial charge on any atom is 0.272 e. The average molecular weight is 251 g/mol. The number of nitrogens with zero attached hydrogens (tertiary/aromatic N) is 1. The van der Waals surface area contributed by atoms with Gasteiger partial charge in [0.25, 0.3) is 5.69 Å². The molecule has 18 heavy (non-hydrogen) atoms. The van der Waals surface area contributed by atoms with E-state index in [-0.39, 0.29) is 5.69 Å². The van der Waals surface area contributed by atoms with Gasteiger partial charge in [0.15, 0.2) is 0 Å². The summed E-state index contributed by atoms with van der Waals surface area (Å²) in [4.78, 5) is 21.5. The molecule has 1 aromatic carbocycles. The van der Waals surface area contributed by atoms with Gasteiger partial charge in [0, 0.05) is 18.2 Å². The van der Waals surface area contributed by atoms with Crippen molar-refractivity contribution in [2.75, 3.05) is 0 Å². The van der Waals surface area contributed by atoms with Crippen molar-refractivity contribution in [3.05, 3.63) is 39.4 Å². The fraction of sp³-hybridized carbons (Fsp3) is 0.417. The second kappa shape index (κ2) is 5.14. The number of benzene rings is 1. The van der Waals surface area contributed by atoms with Gasteiger partial charge in [-0.3, -0.25) is 20.2 Å². The lowest BCUT2D eigenvalue weighted by molar-refractivity contribution is -0.385. The number of hydrogen-bond acceptors (Lipinski definition) is 4. The van der Waals surface area contributed by atoms with Crippen molar-refractivity contribution >= 4 is 11.6 Å². The molecule has 3 N–H and O–H groups in total. The van der Waals surface area contributed by atoms with Crippen LogP contribution in [0.1, 0.15) is 25.0 Å². The van der Waals surface area contributed by atoms with E-state index in [0.717, 1.165) is 5.56 Å². The van der Waals surface area contributed by atoms with Gasteiger partial charge in [0.1, 0.15) is 0 Å². The predicted octanol–water partition coefficient (Wildman–Crippen LogP) is 1.26. The van der Waals surface area contributed by atoms with Crippen molar-refractivity contribution in [3.63, 3.8) is 0 Å². The predicted molar refractivity (Wildman–Crippen MR) is 67.9 cm³/mol. The van der Waals surface area contributed by atoms with Crippen molar-refractivity contribution in [2.24, 2.45) is 5.73 Å². The van der Waals surface area contributed by atoms with Crippen molar-refractivity contribution < 1.29 is 9.72 Å². The van der Waals surface area contributed by atoms with E-state index >= 15 is 0 Å². The molecule has 0 saturated carbocycles. The van der Waals surface area contributed by atoms with E-state index in [1.165, 1.54) is 6.07 Å². The molecule has 0 atom stereocenters. The quantitative estimate of drug-likeness (QED) is 0.608. The van der Waals surface area contributed by atoms with Gasteiger partial charge in [-0.05, 0) is 26.3 Å². The van der Waals surface area contributed by atoms with Gasteiger partial charge in [-0.25, -0.2) is 0 Å². The van der Waals surface area contributed by atoms with Gasteiger partial charge in [-0.2, -0.15) is 0 Å². The monoisotopic (exact) mass is 251 g/mol. The minimum atomic E-state index is -0.850. The first-order valence-corrected chi connectivity index (χ1v) is 5.53. The molecule has 0 bridgehead atoms. The van der Waals surface area contributed by atoms with Crippen LogP contribution < -0.4 is 11.1 Å². The number of primary amides is 1. The van der Waals surface area contributed by atoms with Crippen molar-refractivity contribution in [1.29, 1.82) is 0 Å². The summed E-state index contributed by atoms with van der Waals surface area (Å²) in [5, 5.41) is 13.8. The molecule has 0 aliphatic heterocycles. The number of carbonyl (C=O) groups is 1. The number of rotatable bonds is 5. The Morgan fingerprint density at radius 3 is 2.61 bits per heavy atom. The topological polar surface area (TPSA) is 98.3 Å². The zero-order chi connectivity index (χ0) is 13.9.